The van der Waals surface area contributed by atoms with E-state index in [9.17, 15) is 9.59 Å². The monoisotopic (exact) mass is 360 g/mol. The Morgan fingerprint density at radius 3 is 2.56 bits per heavy atom. The van der Waals surface area contributed by atoms with Crippen molar-refractivity contribution >= 4 is 28.5 Å². The first kappa shape index (κ1) is 16.5. The van der Waals surface area contributed by atoms with Gasteiger partial charge in [-0.05, 0) is 31.2 Å². The summed E-state index contributed by atoms with van der Waals surface area (Å²) in [5, 5.41) is 2.72. The number of nitrogens with zero attached hydrogens (tertiary/aromatic N) is 3. The molecule has 4 rings (SSSR count). The average Bonchev–Trinajstić information content (AvgIpc) is 3.27. The molecule has 0 fully saturated rings. The number of hydrogen-bond acceptors (Lipinski definition) is 4. The van der Waals surface area contributed by atoms with E-state index in [4.69, 9.17) is 5.73 Å². The van der Waals surface area contributed by atoms with Gasteiger partial charge in [-0.25, -0.2) is 9.97 Å². The van der Waals surface area contributed by atoms with Gasteiger partial charge in [0.25, 0.3) is 11.8 Å². The second kappa shape index (κ2) is 6.41. The first-order valence-electron chi connectivity index (χ1n) is 8.23. The molecule has 27 heavy (non-hydrogen) atoms. The summed E-state index contributed by atoms with van der Waals surface area (Å²) < 4.78 is 1.38. The Labute approximate surface area is 154 Å². The quantitative estimate of drug-likeness (QED) is 0.518. The lowest BCUT2D eigenvalue weighted by atomic mass is 10.2. The number of anilines is 1. The Morgan fingerprint density at radius 2 is 1.85 bits per heavy atom. The molecule has 0 aliphatic carbocycles. The molecule has 0 spiro atoms. The van der Waals surface area contributed by atoms with Gasteiger partial charge < -0.3 is 16.0 Å². The van der Waals surface area contributed by atoms with E-state index in [-0.39, 0.29) is 11.4 Å². The van der Waals surface area contributed by atoms with Crippen molar-refractivity contribution in [2.45, 2.75) is 6.92 Å². The van der Waals surface area contributed by atoms with Crippen LogP contribution >= 0.6 is 0 Å². The van der Waals surface area contributed by atoms with Gasteiger partial charge in [0, 0.05) is 5.69 Å². The third kappa shape index (κ3) is 3.04. The summed E-state index contributed by atoms with van der Waals surface area (Å²) in [6.07, 6.45) is 1.35. The molecule has 0 unspecified atom stereocenters. The lowest BCUT2D eigenvalue weighted by Gasteiger charge is -2.06. The minimum atomic E-state index is -0.776. The van der Waals surface area contributed by atoms with Gasteiger partial charge in [0.05, 0.1) is 11.0 Å². The van der Waals surface area contributed by atoms with Crippen LogP contribution in [0.3, 0.4) is 0 Å². The van der Waals surface area contributed by atoms with Crippen LogP contribution in [-0.4, -0.2) is 31.3 Å². The topological polar surface area (TPSA) is 119 Å². The molecular weight excluding hydrogens is 344 g/mol. The van der Waals surface area contributed by atoms with E-state index in [1.54, 1.807) is 12.1 Å². The molecule has 0 bridgehead atoms. The van der Waals surface area contributed by atoms with Crippen LogP contribution < -0.4 is 11.1 Å². The zero-order valence-corrected chi connectivity index (χ0v) is 14.4. The van der Waals surface area contributed by atoms with E-state index in [1.165, 1.54) is 10.9 Å². The van der Waals surface area contributed by atoms with Crippen molar-refractivity contribution < 1.29 is 9.59 Å². The van der Waals surface area contributed by atoms with Crippen molar-refractivity contribution in [3.8, 4) is 5.95 Å². The fourth-order valence-corrected chi connectivity index (χ4v) is 2.79. The summed E-state index contributed by atoms with van der Waals surface area (Å²) in [6, 6.07) is 14.7. The zero-order valence-electron chi connectivity index (χ0n) is 14.4. The number of aryl methyl sites for hydroxylation is 1. The van der Waals surface area contributed by atoms with Gasteiger partial charge in [-0.3, -0.25) is 14.2 Å². The highest BCUT2D eigenvalue weighted by atomic mass is 16.2. The SMILES string of the molecule is Cc1ccc(NC(=O)c2ncn(-c3nc4ccccc4[nH]3)c2C(N)=O)cc1. The highest BCUT2D eigenvalue weighted by Gasteiger charge is 2.24. The summed E-state index contributed by atoms with van der Waals surface area (Å²) in [7, 11) is 0. The molecule has 2 aromatic heterocycles. The van der Waals surface area contributed by atoms with Crippen molar-refractivity contribution in [1.29, 1.82) is 0 Å². The number of carbonyl (C=O) groups is 2. The Balaban J connectivity index is 1.73. The second-order valence-corrected chi connectivity index (χ2v) is 6.07. The van der Waals surface area contributed by atoms with Crippen LogP contribution in [0.1, 0.15) is 26.5 Å². The molecule has 0 radical (unpaired) electrons. The van der Waals surface area contributed by atoms with Gasteiger partial charge >= 0.3 is 0 Å². The molecule has 0 aliphatic rings. The number of benzene rings is 2. The van der Waals surface area contributed by atoms with Crippen LogP contribution in [0.4, 0.5) is 5.69 Å². The summed E-state index contributed by atoms with van der Waals surface area (Å²) >= 11 is 0. The fraction of sp³-hybridized carbons (Fsp3) is 0.0526. The van der Waals surface area contributed by atoms with Crippen molar-refractivity contribution in [3.05, 3.63) is 71.8 Å². The lowest BCUT2D eigenvalue weighted by Crippen LogP contribution is -2.23. The largest absolute Gasteiger partial charge is 0.364 e. The van der Waals surface area contributed by atoms with Gasteiger partial charge in [0.2, 0.25) is 5.95 Å². The number of aromatic amines is 1. The summed E-state index contributed by atoms with van der Waals surface area (Å²) in [4.78, 5) is 36.2. The van der Waals surface area contributed by atoms with Crippen LogP contribution in [0.5, 0.6) is 0 Å². The zero-order chi connectivity index (χ0) is 19.0. The molecular formula is C19H16N6O2. The number of amides is 2. The molecule has 2 heterocycles. The van der Waals surface area contributed by atoms with Crippen LogP contribution in [-0.2, 0) is 0 Å². The normalized spacial score (nSPS) is 10.9. The molecule has 8 heteroatoms. The third-order valence-corrected chi connectivity index (χ3v) is 4.13. The minimum absolute atomic E-state index is 0.0429. The van der Waals surface area contributed by atoms with E-state index in [2.05, 4.69) is 20.3 Å². The van der Waals surface area contributed by atoms with Gasteiger partial charge in [0.1, 0.15) is 12.0 Å². The van der Waals surface area contributed by atoms with Gasteiger partial charge in [0.15, 0.2) is 5.69 Å². The predicted molar refractivity (Wildman–Crippen MR) is 101 cm³/mol. The predicted octanol–water partition coefficient (Wildman–Crippen LogP) is 2.41. The van der Waals surface area contributed by atoms with E-state index in [1.807, 2.05) is 43.3 Å². The lowest BCUT2D eigenvalue weighted by molar-refractivity contribution is 0.0970. The summed E-state index contributed by atoms with van der Waals surface area (Å²) in [6.45, 7) is 1.95. The maximum absolute atomic E-state index is 12.6. The molecule has 2 aromatic carbocycles. The molecule has 8 nitrogen and oxygen atoms in total. The van der Waals surface area contributed by atoms with E-state index >= 15 is 0 Å². The number of hydrogen-bond donors (Lipinski definition) is 3. The van der Waals surface area contributed by atoms with Crippen LogP contribution in [0, 0.1) is 6.92 Å². The average molecular weight is 360 g/mol. The molecule has 4 N–H and O–H groups in total. The number of H-pyrrole nitrogens is 1. The third-order valence-electron chi connectivity index (χ3n) is 4.13. The van der Waals surface area contributed by atoms with Crippen LogP contribution in [0.2, 0.25) is 0 Å². The Kier molecular flexibility index (Phi) is 3.92. The molecule has 0 saturated carbocycles. The van der Waals surface area contributed by atoms with Crippen molar-refractivity contribution in [1.82, 2.24) is 19.5 Å². The minimum Gasteiger partial charge on any atom is -0.364 e. The van der Waals surface area contributed by atoms with E-state index in [0.29, 0.717) is 11.6 Å². The summed E-state index contributed by atoms with van der Waals surface area (Å²) in [5.74, 6) is -0.948. The number of rotatable bonds is 4. The standard InChI is InChI=1S/C19H16N6O2/c1-11-6-8-12(9-7-11)22-18(27)15-16(17(20)26)25(10-21-15)19-23-13-4-2-3-5-14(13)24-19/h2-10H,1H3,(H2,20,26)(H,22,27)(H,23,24). The number of aromatic nitrogens is 4. The number of imidazole rings is 2. The number of primary amides is 1. The van der Waals surface area contributed by atoms with Gasteiger partial charge in [-0.15, -0.1) is 0 Å². The molecule has 0 atom stereocenters. The molecule has 2 amide bonds. The maximum atomic E-state index is 12.6. The summed E-state index contributed by atoms with van der Waals surface area (Å²) in [5.41, 5.74) is 8.60. The van der Waals surface area contributed by atoms with Crippen LogP contribution in [0.15, 0.2) is 54.9 Å². The fourth-order valence-electron chi connectivity index (χ4n) is 2.79. The van der Waals surface area contributed by atoms with E-state index < -0.39 is 11.8 Å². The van der Waals surface area contributed by atoms with Crippen molar-refractivity contribution in [2.24, 2.45) is 5.73 Å². The number of nitrogens with two attached hydrogens (primary N) is 1. The number of para-hydroxylation sites is 2. The Morgan fingerprint density at radius 1 is 1.11 bits per heavy atom. The van der Waals surface area contributed by atoms with Gasteiger partial charge in [-0.1, -0.05) is 29.8 Å². The first-order chi connectivity index (χ1) is 13.0. The van der Waals surface area contributed by atoms with Crippen molar-refractivity contribution in [2.75, 3.05) is 5.32 Å². The highest BCUT2D eigenvalue weighted by Crippen LogP contribution is 2.18. The molecule has 0 saturated heterocycles. The molecule has 0 aliphatic heterocycles. The Bertz CT molecular complexity index is 1120. The van der Waals surface area contributed by atoms with Crippen molar-refractivity contribution in [3.63, 3.8) is 0 Å². The second-order valence-electron chi connectivity index (χ2n) is 6.07. The first-order valence-corrected chi connectivity index (χ1v) is 8.23. The molecule has 4 aromatic rings. The number of carbonyl (C=O) groups excluding carboxylic acids is 2. The van der Waals surface area contributed by atoms with Crippen LogP contribution in [0.25, 0.3) is 17.0 Å². The number of fused-ring (bicyclic) bond motifs is 1. The number of nitrogens with one attached hydrogen (secondary N) is 2. The highest BCUT2D eigenvalue weighted by molar-refractivity contribution is 6.10. The van der Waals surface area contributed by atoms with Gasteiger partial charge in [-0.2, -0.15) is 0 Å². The Hall–Kier alpha value is -3.94. The molecule has 134 valence electrons. The smallest absolute Gasteiger partial charge is 0.276 e. The maximum Gasteiger partial charge on any atom is 0.276 e. The van der Waals surface area contributed by atoms with E-state index in [0.717, 1.165) is 16.6 Å².